The first-order valence-electron chi connectivity index (χ1n) is 9.69. The van der Waals surface area contributed by atoms with E-state index in [0.717, 1.165) is 25.9 Å². The van der Waals surface area contributed by atoms with Crippen molar-refractivity contribution in [3.05, 3.63) is 60.0 Å². The largest absolute Gasteiger partial charge is 0.213 e. The van der Waals surface area contributed by atoms with Crippen LogP contribution in [0.1, 0.15) is 51.7 Å². The van der Waals surface area contributed by atoms with E-state index >= 15 is 0 Å². The molecule has 0 amide bonds. The lowest BCUT2D eigenvalue weighted by Crippen LogP contribution is -2.37. The molecule has 0 aliphatic heterocycles. The Morgan fingerprint density at radius 2 is 1.60 bits per heavy atom. The normalized spacial score (nSPS) is 14.6. The van der Waals surface area contributed by atoms with Gasteiger partial charge in [-0.3, -0.25) is 0 Å². The zero-order valence-electron chi connectivity index (χ0n) is 15.8. The summed E-state index contributed by atoms with van der Waals surface area (Å²) in [5.74, 6) is 0. The van der Waals surface area contributed by atoms with Gasteiger partial charge >= 0.3 is 0 Å². The van der Waals surface area contributed by atoms with Crippen LogP contribution in [-0.2, 0) is 18.5 Å². The molecule has 3 aromatic rings. The van der Waals surface area contributed by atoms with Crippen molar-refractivity contribution in [2.75, 3.05) is 0 Å². The van der Waals surface area contributed by atoms with E-state index in [0.29, 0.717) is 0 Å². The third kappa shape index (κ3) is 2.09. The third-order valence-electron chi connectivity index (χ3n) is 6.27. The average molecular weight is 332 g/mol. The molecule has 2 nitrogen and oxygen atoms in total. The van der Waals surface area contributed by atoms with Crippen molar-refractivity contribution in [2.45, 2.75) is 59.0 Å². The Bertz CT molecular complexity index is 952. The summed E-state index contributed by atoms with van der Waals surface area (Å²) in [5.41, 5.74) is 7.39. The predicted molar refractivity (Wildman–Crippen MR) is 102 cm³/mol. The van der Waals surface area contributed by atoms with Crippen molar-refractivity contribution in [1.82, 2.24) is 0 Å². The lowest BCUT2D eigenvalue weighted by molar-refractivity contribution is -0.694. The molecule has 2 aromatic heterocycles. The Kier molecular flexibility index (Phi) is 3.87. The molecule has 1 aliphatic carbocycles. The zero-order valence-corrected chi connectivity index (χ0v) is 15.8. The molecule has 128 valence electrons. The van der Waals surface area contributed by atoms with Gasteiger partial charge in [0, 0.05) is 34.2 Å². The molecule has 0 radical (unpaired) electrons. The van der Waals surface area contributed by atoms with Crippen LogP contribution in [0, 0.1) is 0 Å². The quantitative estimate of drug-likeness (QED) is 0.620. The highest BCUT2D eigenvalue weighted by Crippen LogP contribution is 2.53. The van der Waals surface area contributed by atoms with Gasteiger partial charge in [-0.1, -0.05) is 26.0 Å². The van der Waals surface area contributed by atoms with Crippen molar-refractivity contribution < 1.29 is 9.13 Å². The van der Waals surface area contributed by atoms with Crippen molar-refractivity contribution in [3.63, 3.8) is 0 Å². The van der Waals surface area contributed by atoms with Crippen LogP contribution < -0.4 is 9.13 Å². The first kappa shape index (κ1) is 16.3. The Morgan fingerprint density at radius 3 is 2.28 bits per heavy atom. The summed E-state index contributed by atoms with van der Waals surface area (Å²) in [5, 5.41) is 1.39. The van der Waals surface area contributed by atoms with Gasteiger partial charge in [-0.25, -0.2) is 4.57 Å². The van der Waals surface area contributed by atoms with Crippen LogP contribution in [0.25, 0.3) is 22.0 Å². The van der Waals surface area contributed by atoms with E-state index in [4.69, 9.17) is 0 Å². The molecule has 4 rings (SSSR count). The highest BCUT2D eigenvalue weighted by molar-refractivity contribution is 5.98. The minimum absolute atomic E-state index is 0.129. The Morgan fingerprint density at radius 1 is 0.840 bits per heavy atom. The molecule has 2 heteroatoms. The second-order valence-electron chi connectivity index (χ2n) is 7.11. The fourth-order valence-electron chi connectivity index (χ4n) is 4.78. The molecule has 0 saturated heterocycles. The van der Waals surface area contributed by atoms with Crippen molar-refractivity contribution in [3.8, 4) is 11.1 Å². The van der Waals surface area contributed by atoms with E-state index in [9.17, 15) is 0 Å². The number of pyridine rings is 2. The fourth-order valence-corrected chi connectivity index (χ4v) is 4.78. The molecule has 1 aromatic carbocycles. The predicted octanol–water partition coefficient (Wildman–Crippen LogP) is 4.54. The Balaban J connectivity index is 2.17. The molecule has 2 heterocycles. The second-order valence-corrected chi connectivity index (χ2v) is 7.11. The molecule has 0 saturated carbocycles. The van der Waals surface area contributed by atoms with E-state index in [1.54, 1.807) is 0 Å². The number of rotatable bonds is 4. The van der Waals surface area contributed by atoms with Crippen molar-refractivity contribution >= 4 is 10.9 Å². The van der Waals surface area contributed by atoms with Gasteiger partial charge in [-0.15, -0.1) is 0 Å². The van der Waals surface area contributed by atoms with Gasteiger partial charge < -0.3 is 0 Å². The number of aryl methyl sites for hydroxylation is 2. The van der Waals surface area contributed by atoms with Crippen LogP contribution in [0.5, 0.6) is 0 Å². The van der Waals surface area contributed by atoms with E-state index < -0.39 is 0 Å². The first-order valence-corrected chi connectivity index (χ1v) is 9.69. The van der Waals surface area contributed by atoms with E-state index in [1.807, 2.05) is 0 Å². The van der Waals surface area contributed by atoms with E-state index in [-0.39, 0.29) is 5.41 Å². The summed E-state index contributed by atoms with van der Waals surface area (Å²) in [4.78, 5) is 0. The van der Waals surface area contributed by atoms with Crippen LogP contribution in [0.4, 0.5) is 0 Å². The van der Waals surface area contributed by atoms with Crippen LogP contribution in [0.2, 0.25) is 0 Å². The summed E-state index contributed by atoms with van der Waals surface area (Å²) in [6.45, 7) is 11.2. The summed E-state index contributed by atoms with van der Waals surface area (Å²) in [7, 11) is 0. The number of para-hydroxylation sites is 1. The summed E-state index contributed by atoms with van der Waals surface area (Å²) in [6.07, 6.45) is 9.34. The molecule has 0 spiro atoms. The molecule has 0 atom stereocenters. The van der Waals surface area contributed by atoms with Crippen molar-refractivity contribution in [1.29, 1.82) is 0 Å². The van der Waals surface area contributed by atoms with Crippen LogP contribution in [-0.4, -0.2) is 0 Å². The smallest absolute Gasteiger partial charge is 0.205 e. The first-order chi connectivity index (χ1) is 12.2. The van der Waals surface area contributed by atoms with Gasteiger partial charge in [0.25, 0.3) is 0 Å². The standard InChI is InChI=1S/C23H28N2/c1-5-23(6-2)19-15-24(7-3)14-13-17(19)22-18-11-9-10-12-21(18)25(8-4)16-20(22)23/h9-16H,5-8H2,1-4H3/q+2. The maximum absolute atomic E-state index is 2.43. The number of aromatic nitrogens is 2. The lowest BCUT2D eigenvalue weighted by atomic mass is 9.74. The van der Waals surface area contributed by atoms with Gasteiger partial charge in [-0.2, -0.15) is 4.57 Å². The molecule has 0 unspecified atom stereocenters. The summed E-state index contributed by atoms with van der Waals surface area (Å²) >= 11 is 0. The van der Waals surface area contributed by atoms with E-state index in [1.165, 1.54) is 33.2 Å². The lowest BCUT2D eigenvalue weighted by Gasteiger charge is -2.27. The maximum atomic E-state index is 2.43. The zero-order chi connectivity index (χ0) is 17.6. The highest BCUT2D eigenvalue weighted by atomic mass is 14.9. The van der Waals surface area contributed by atoms with Gasteiger partial charge in [0.1, 0.15) is 13.1 Å². The van der Waals surface area contributed by atoms with Gasteiger partial charge in [0.15, 0.2) is 18.6 Å². The van der Waals surface area contributed by atoms with Crippen molar-refractivity contribution in [2.24, 2.45) is 0 Å². The number of nitrogens with zero attached hydrogens (tertiary/aromatic N) is 2. The highest BCUT2D eigenvalue weighted by Gasteiger charge is 2.45. The SMILES string of the molecule is CC[n+]1ccc2c(c1)C(CC)(CC)c1c[n+](CC)c3ccccc3c1-2. The second kappa shape index (κ2) is 5.94. The minimum atomic E-state index is 0.129. The maximum Gasteiger partial charge on any atom is 0.213 e. The van der Waals surface area contributed by atoms with Gasteiger partial charge in [-0.05, 0) is 38.3 Å². The monoisotopic (exact) mass is 332 g/mol. The fraction of sp³-hybridized carbons (Fsp3) is 0.391. The summed E-state index contributed by atoms with van der Waals surface area (Å²) < 4.78 is 4.74. The van der Waals surface area contributed by atoms with Crippen LogP contribution in [0.3, 0.4) is 0 Å². The number of benzene rings is 1. The number of hydrogen-bond acceptors (Lipinski definition) is 0. The summed E-state index contributed by atoms with van der Waals surface area (Å²) in [6, 6.07) is 11.2. The van der Waals surface area contributed by atoms with E-state index in [2.05, 4.69) is 85.8 Å². The third-order valence-corrected chi connectivity index (χ3v) is 6.27. The Labute approximate surface area is 150 Å². The topological polar surface area (TPSA) is 7.76 Å². The molecule has 0 N–H and O–H groups in total. The molecule has 0 bridgehead atoms. The molecular formula is C23H28N2+2. The average Bonchev–Trinajstić information content (AvgIpc) is 2.96. The van der Waals surface area contributed by atoms with Crippen LogP contribution >= 0.6 is 0 Å². The molecule has 1 aliphatic rings. The van der Waals surface area contributed by atoms with Crippen LogP contribution in [0.15, 0.2) is 48.9 Å². The van der Waals surface area contributed by atoms with Gasteiger partial charge in [0.2, 0.25) is 5.52 Å². The molecular weight excluding hydrogens is 304 g/mol. The number of hydrogen-bond donors (Lipinski definition) is 0. The molecule has 0 fully saturated rings. The minimum Gasteiger partial charge on any atom is -0.205 e. The van der Waals surface area contributed by atoms with Gasteiger partial charge in [0.05, 0.1) is 5.39 Å². The molecule has 25 heavy (non-hydrogen) atoms. The Hall–Kier alpha value is -2.22. The number of fused-ring (bicyclic) bond motifs is 5.